The standard InChI is InChI=1S/C17H13Cl2N3O3S/c1-3-25-17(24)14-9(2)13-15(26-14)20-8-22(16(13)23)21-7-10-4-5-11(18)6-12(10)19/h4-8H,3H2,1-2H3. The monoisotopic (exact) mass is 409 g/mol. The maximum Gasteiger partial charge on any atom is 0.348 e. The summed E-state index contributed by atoms with van der Waals surface area (Å²) in [7, 11) is 0. The Kier molecular flexibility index (Phi) is 5.41. The van der Waals surface area contributed by atoms with Crippen LogP contribution >= 0.6 is 34.5 Å². The molecule has 0 unspecified atom stereocenters. The molecule has 6 nitrogen and oxygen atoms in total. The minimum atomic E-state index is -0.463. The Morgan fingerprint density at radius 3 is 2.88 bits per heavy atom. The number of benzene rings is 1. The number of thiophene rings is 1. The third kappa shape index (κ3) is 3.51. The van der Waals surface area contributed by atoms with Gasteiger partial charge in [-0.15, -0.1) is 11.3 Å². The number of carbonyl (C=O) groups is 1. The van der Waals surface area contributed by atoms with Crippen LogP contribution in [0, 0.1) is 6.92 Å². The van der Waals surface area contributed by atoms with E-state index in [0.717, 1.165) is 16.0 Å². The molecule has 0 aliphatic heterocycles. The largest absolute Gasteiger partial charge is 0.462 e. The third-order valence-electron chi connectivity index (χ3n) is 3.58. The van der Waals surface area contributed by atoms with E-state index in [4.69, 9.17) is 27.9 Å². The fourth-order valence-electron chi connectivity index (χ4n) is 2.32. The number of fused-ring (bicyclic) bond motifs is 1. The van der Waals surface area contributed by atoms with Gasteiger partial charge in [-0.05, 0) is 31.5 Å². The van der Waals surface area contributed by atoms with Crippen LogP contribution in [0.15, 0.2) is 34.4 Å². The predicted molar refractivity (Wildman–Crippen MR) is 104 cm³/mol. The van der Waals surface area contributed by atoms with Crippen LogP contribution in [0.1, 0.15) is 27.7 Å². The molecule has 0 saturated heterocycles. The SMILES string of the molecule is CCOC(=O)c1sc2ncn(N=Cc3ccc(Cl)cc3Cl)c(=O)c2c1C. The molecule has 0 radical (unpaired) electrons. The van der Waals surface area contributed by atoms with Crippen LogP contribution in [0.25, 0.3) is 10.2 Å². The Hall–Kier alpha value is -2.22. The van der Waals surface area contributed by atoms with Crippen molar-refractivity contribution in [2.45, 2.75) is 13.8 Å². The van der Waals surface area contributed by atoms with Gasteiger partial charge >= 0.3 is 5.97 Å². The van der Waals surface area contributed by atoms with Crippen LogP contribution in [-0.2, 0) is 4.74 Å². The van der Waals surface area contributed by atoms with E-state index in [0.29, 0.717) is 36.3 Å². The summed E-state index contributed by atoms with van der Waals surface area (Å²) in [6.07, 6.45) is 2.75. The number of halogens is 2. The lowest BCUT2D eigenvalue weighted by Gasteiger charge is -2.01. The number of ether oxygens (including phenoxy) is 1. The highest BCUT2D eigenvalue weighted by Gasteiger charge is 2.20. The van der Waals surface area contributed by atoms with Crippen LogP contribution in [0.2, 0.25) is 10.0 Å². The minimum absolute atomic E-state index is 0.260. The molecule has 0 amide bonds. The lowest BCUT2D eigenvalue weighted by atomic mass is 10.2. The number of aryl methyl sites for hydroxylation is 1. The highest BCUT2D eigenvalue weighted by molar-refractivity contribution is 7.20. The maximum absolute atomic E-state index is 12.7. The Morgan fingerprint density at radius 2 is 2.19 bits per heavy atom. The van der Waals surface area contributed by atoms with Crippen LogP contribution in [0.4, 0.5) is 0 Å². The molecule has 9 heteroatoms. The average molecular weight is 410 g/mol. The van der Waals surface area contributed by atoms with Crippen LogP contribution in [0.3, 0.4) is 0 Å². The van der Waals surface area contributed by atoms with E-state index < -0.39 is 5.97 Å². The summed E-state index contributed by atoms with van der Waals surface area (Å²) in [4.78, 5) is 29.8. The molecule has 2 heterocycles. The van der Waals surface area contributed by atoms with Crippen LogP contribution in [0.5, 0.6) is 0 Å². The Balaban J connectivity index is 2.04. The molecular formula is C17H13Cl2N3O3S. The zero-order valence-electron chi connectivity index (χ0n) is 13.8. The second-order valence-electron chi connectivity index (χ2n) is 5.26. The Morgan fingerprint density at radius 1 is 1.42 bits per heavy atom. The van der Waals surface area contributed by atoms with Crippen molar-refractivity contribution in [1.82, 2.24) is 9.66 Å². The molecular weight excluding hydrogens is 397 g/mol. The topological polar surface area (TPSA) is 73.5 Å². The summed E-state index contributed by atoms with van der Waals surface area (Å²) >= 11 is 13.1. The van der Waals surface area contributed by atoms with E-state index in [1.807, 2.05) is 0 Å². The molecule has 0 spiro atoms. The molecule has 0 N–H and O–H groups in total. The van der Waals surface area contributed by atoms with E-state index in [1.54, 1.807) is 32.0 Å². The van der Waals surface area contributed by atoms with Crippen molar-refractivity contribution in [2.75, 3.05) is 6.61 Å². The molecule has 134 valence electrons. The maximum atomic E-state index is 12.7. The number of aromatic nitrogens is 2. The van der Waals surface area contributed by atoms with Gasteiger partial charge in [0, 0.05) is 10.6 Å². The number of nitrogens with zero attached hydrogens (tertiary/aromatic N) is 3. The third-order valence-corrected chi connectivity index (χ3v) is 5.32. The number of rotatable bonds is 4. The average Bonchev–Trinajstić information content (AvgIpc) is 2.93. The number of hydrogen-bond acceptors (Lipinski definition) is 6. The molecule has 26 heavy (non-hydrogen) atoms. The molecule has 3 aromatic rings. The lowest BCUT2D eigenvalue weighted by molar-refractivity contribution is 0.0531. The number of esters is 1. The summed E-state index contributed by atoms with van der Waals surface area (Å²) in [6, 6.07) is 4.96. The molecule has 0 atom stereocenters. The summed E-state index contributed by atoms with van der Waals surface area (Å²) in [5.74, 6) is -0.463. The first-order chi connectivity index (χ1) is 12.4. The minimum Gasteiger partial charge on any atom is -0.462 e. The van der Waals surface area contributed by atoms with Gasteiger partial charge in [-0.2, -0.15) is 9.78 Å². The van der Waals surface area contributed by atoms with Crippen molar-refractivity contribution in [3.63, 3.8) is 0 Å². The normalized spacial score (nSPS) is 11.4. The second kappa shape index (κ2) is 7.57. The van der Waals surface area contributed by atoms with E-state index >= 15 is 0 Å². The lowest BCUT2D eigenvalue weighted by Crippen LogP contribution is -2.17. The van der Waals surface area contributed by atoms with Crippen molar-refractivity contribution >= 4 is 56.9 Å². The summed E-state index contributed by atoms with van der Waals surface area (Å²) in [5, 5.41) is 5.40. The Labute approximate surface area is 162 Å². The van der Waals surface area contributed by atoms with Gasteiger partial charge in [0.05, 0.1) is 23.2 Å². The van der Waals surface area contributed by atoms with Crippen molar-refractivity contribution in [2.24, 2.45) is 5.10 Å². The van der Waals surface area contributed by atoms with Gasteiger partial charge < -0.3 is 4.74 Å². The van der Waals surface area contributed by atoms with Crippen molar-refractivity contribution in [3.8, 4) is 0 Å². The molecule has 0 fully saturated rings. The summed E-state index contributed by atoms with van der Waals surface area (Å²) in [6.45, 7) is 3.68. The summed E-state index contributed by atoms with van der Waals surface area (Å²) < 4.78 is 6.12. The molecule has 0 bridgehead atoms. The van der Waals surface area contributed by atoms with Gasteiger partial charge in [0.15, 0.2) is 0 Å². The first-order valence-electron chi connectivity index (χ1n) is 7.59. The zero-order valence-corrected chi connectivity index (χ0v) is 16.2. The number of carbonyl (C=O) groups excluding carboxylic acids is 1. The van der Waals surface area contributed by atoms with Crippen LogP contribution < -0.4 is 5.56 Å². The van der Waals surface area contributed by atoms with E-state index in [9.17, 15) is 9.59 Å². The van der Waals surface area contributed by atoms with Gasteiger partial charge in [-0.3, -0.25) is 4.79 Å². The van der Waals surface area contributed by atoms with Crippen molar-refractivity contribution in [1.29, 1.82) is 0 Å². The zero-order chi connectivity index (χ0) is 18.8. The van der Waals surface area contributed by atoms with Gasteiger partial charge in [0.1, 0.15) is 16.0 Å². The molecule has 1 aromatic carbocycles. The summed E-state index contributed by atoms with van der Waals surface area (Å²) in [5.41, 5.74) is 0.771. The van der Waals surface area contributed by atoms with Crippen molar-refractivity contribution < 1.29 is 9.53 Å². The fraction of sp³-hybridized carbons (Fsp3) is 0.176. The highest BCUT2D eigenvalue weighted by Crippen LogP contribution is 2.27. The first-order valence-corrected chi connectivity index (χ1v) is 9.17. The van der Waals surface area contributed by atoms with Gasteiger partial charge in [0.2, 0.25) is 0 Å². The van der Waals surface area contributed by atoms with Crippen LogP contribution in [-0.4, -0.2) is 28.5 Å². The van der Waals surface area contributed by atoms with E-state index in [2.05, 4.69) is 10.1 Å². The van der Waals surface area contributed by atoms with Gasteiger partial charge in [-0.1, -0.05) is 29.3 Å². The smallest absolute Gasteiger partial charge is 0.348 e. The molecule has 3 rings (SSSR count). The predicted octanol–water partition coefficient (Wildman–Crippen LogP) is 4.13. The number of hydrogen-bond donors (Lipinski definition) is 0. The first kappa shape index (κ1) is 18.6. The van der Waals surface area contributed by atoms with E-state index in [-0.39, 0.29) is 12.2 Å². The molecule has 0 aliphatic rings. The quantitative estimate of drug-likeness (QED) is 0.479. The van der Waals surface area contributed by atoms with E-state index in [1.165, 1.54) is 12.5 Å². The highest BCUT2D eigenvalue weighted by atomic mass is 35.5. The van der Waals surface area contributed by atoms with Gasteiger partial charge in [-0.25, -0.2) is 9.78 Å². The molecule has 0 saturated carbocycles. The van der Waals surface area contributed by atoms with Gasteiger partial charge in [0.25, 0.3) is 5.56 Å². The van der Waals surface area contributed by atoms with Crippen molar-refractivity contribution in [3.05, 3.63) is 60.9 Å². The molecule has 0 aliphatic carbocycles. The molecule has 2 aromatic heterocycles. The second-order valence-corrected chi connectivity index (χ2v) is 7.10. The Bertz CT molecular complexity index is 1090. The fourth-order valence-corrected chi connectivity index (χ4v) is 3.81.